The lowest BCUT2D eigenvalue weighted by molar-refractivity contribution is 0.506. The summed E-state index contributed by atoms with van der Waals surface area (Å²) >= 11 is 1.53. The second-order valence-electron chi connectivity index (χ2n) is 4.07. The van der Waals surface area contributed by atoms with Crippen molar-refractivity contribution in [1.82, 2.24) is 5.32 Å². The van der Waals surface area contributed by atoms with Crippen molar-refractivity contribution in [3.63, 3.8) is 0 Å². The van der Waals surface area contributed by atoms with Crippen molar-refractivity contribution < 1.29 is 8.78 Å². The first-order chi connectivity index (χ1) is 8.13. The lowest BCUT2D eigenvalue weighted by Gasteiger charge is -2.12. The van der Waals surface area contributed by atoms with Crippen molar-refractivity contribution in [3.05, 3.63) is 29.8 Å². The third kappa shape index (κ3) is 5.50. The monoisotopic (exact) mass is 259 g/mol. The average Bonchev–Trinajstić information content (AvgIpc) is 2.29. The van der Waals surface area contributed by atoms with Crippen LogP contribution in [0.5, 0.6) is 0 Å². The highest BCUT2D eigenvalue weighted by atomic mass is 32.2. The van der Waals surface area contributed by atoms with Gasteiger partial charge in [0.1, 0.15) is 0 Å². The maximum atomic E-state index is 12.9. The van der Waals surface area contributed by atoms with Gasteiger partial charge < -0.3 is 5.32 Å². The normalized spacial score (nSPS) is 12.7. The average molecular weight is 259 g/mol. The topological polar surface area (TPSA) is 12.0 Å². The molecule has 17 heavy (non-hydrogen) atoms. The van der Waals surface area contributed by atoms with Crippen molar-refractivity contribution in [2.24, 2.45) is 0 Å². The van der Waals surface area contributed by atoms with E-state index in [2.05, 4.69) is 19.2 Å². The first kappa shape index (κ1) is 14.5. The molecule has 0 saturated carbocycles. The summed E-state index contributed by atoms with van der Waals surface area (Å²) in [7, 11) is 0. The summed E-state index contributed by atoms with van der Waals surface area (Å²) in [5.41, 5.74) is 0. The van der Waals surface area contributed by atoms with Gasteiger partial charge in [-0.2, -0.15) is 0 Å². The molecular formula is C13H19F2NS. The van der Waals surface area contributed by atoms with Gasteiger partial charge in [-0.05, 0) is 31.5 Å². The van der Waals surface area contributed by atoms with Crippen LogP contribution in [0, 0.1) is 11.6 Å². The summed E-state index contributed by atoms with van der Waals surface area (Å²) in [6.45, 7) is 5.20. The number of hydrogen-bond donors (Lipinski definition) is 1. The third-order valence-corrected chi connectivity index (χ3v) is 3.47. The molecule has 1 nitrogen and oxygen atoms in total. The molecule has 0 heterocycles. The molecular weight excluding hydrogens is 240 g/mol. The molecule has 0 bridgehead atoms. The van der Waals surface area contributed by atoms with Crippen LogP contribution in [0.2, 0.25) is 0 Å². The Balaban J connectivity index is 2.24. The third-order valence-electron chi connectivity index (χ3n) is 2.48. The number of rotatable bonds is 7. The van der Waals surface area contributed by atoms with E-state index in [1.807, 2.05) is 0 Å². The van der Waals surface area contributed by atoms with Gasteiger partial charge in [0.05, 0.1) is 0 Å². The molecule has 1 aromatic carbocycles. The van der Waals surface area contributed by atoms with Crippen LogP contribution in [-0.4, -0.2) is 18.3 Å². The molecule has 0 aliphatic rings. The van der Waals surface area contributed by atoms with Crippen molar-refractivity contribution in [2.45, 2.75) is 37.6 Å². The lowest BCUT2D eigenvalue weighted by Crippen LogP contribution is -2.27. The maximum absolute atomic E-state index is 12.9. The van der Waals surface area contributed by atoms with Crippen LogP contribution in [0.25, 0.3) is 0 Å². The Bertz CT molecular complexity index is 344. The van der Waals surface area contributed by atoms with Crippen molar-refractivity contribution in [2.75, 3.05) is 12.3 Å². The van der Waals surface area contributed by atoms with E-state index in [1.54, 1.807) is 6.07 Å². The van der Waals surface area contributed by atoms with Gasteiger partial charge in [-0.25, -0.2) is 8.78 Å². The summed E-state index contributed by atoms with van der Waals surface area (Å²) in [5, 5.41) is 3.39. The number of benzene rings is 1. The van der Waals surface area contributed by atoms with E-state index in [1.165, 1.54) is 30.3 Å². The van der Waals surface area contributed by atoms with Gasteiger partial charge in [-0.1, -0.05) is 13.3 Å². The molecule has 0 aromatic heterocycles. The zero-order valence-electron chi connectivity index (χ0n) is 10.3. The minimum Gasteiger partial charge on any atom is -0.313 e. The highest BCUT2D eigenvalue weighted by Gasteiger charge is 2.03. The smallest absolute Gasteiger partial charge is 0.159 e. The number of thioether (sulfide) groups is 1. The molecule has 0 aliphatic carbocycles. The highest BCUT2D eigenvalue weighted by Crippen LogP contribution is 2.19. The maximum Gasteiger partial charge on any atom is 0.159 e. The summed E-state index contributed by atoms with van der Waals surface area (Å²) in [5.74, 6) is -0.703. The summed E-state index contributed by atoms with van der Waals surface area (Å²) in [6, 6.07) is 4.55. The Morgan fingerprint density at radius 1 is 1.29 bits per heavy atom. The lowest BCUT2D eigenvalue weighted by atomic mass is 10.2. The Hall–Kier alpha value is -0.610. The molecule has 4 heteroatoms. The molecule has 1 rings (SSSR count). The molecule has 0 amide bonds. The number of hydrogen-bond acceptors (Lipinski definition) is 2. The number of halogens is 2. The van der Waals surface area contributed by atoms with Crippen LogP contribution in [0.1, 0.15) is 26.7 Å². The SMILES string of the molecule is CCCC(C)NCCSc1ccc(F)c(F)c1. The molecule has 0 saturated heterocycles. The van der Waals surface area contributed by atoms with E-state index in [0.29, 0.717) is 6.04 Å². The van der Waals surface area contributed by atoms with Gasteiger partial charge in [-0.15, -0.1) is 11.8 Å². The van der Waals surface area contributed by atoms with E-state index in [4.69, 9.17) is 0 Å². The predicted octanol–water partition coefficient (Wildman–Crippen LogP) is 3.84. The van der Waals surface area contributed by atoms with Gasteiger partial charge in [-0.3, -0.25) is 0 Å². The molecule has 1 N–H and O–H groups in total. The fourth-order valence-corrected chi connectivity index (χ4v) is 2.38. The van der Waals surface area contributed by atoms with Crippen molar-refractivity contribution in [1.29, 1.82) is 0 Å². The van der Waals surface area contributed by atoms with Gasteiger partial charge in [0.25, 0.3) is 0 Å². The molecule has 1 aromatic rings. The zero-order chi connectivity index (χ0) is 12.7. The molecule has 1 unspecified atom stereocenters. The molecule has 96 valence electrons. The van der Waals surface area contributed by atoms with E-state index in [-0.39, 0.29) is 0 Å². The van der Waals surface area contributed by atoms with Gasteiger partial charge in [0.15, 0.2) is 11.6 Å². The molecule has 0 fully saturated rings. The molecule has 0 spiro atoms. The Morgan fingerprint density at radius 3 is 2.71 bits per heavy atom. The van der Waals surface area contributed by atoms with Crippen molar-refractivity contribution in [3.8, 4) is 0 Å². The standard InChI is InChI=1S/C13H19F2NS/c1-3-4-10(2)16-7-8-17-11-5-6-12(14)13(15)9-11/h5-6,9-10,16H,3-4,7-8H2,1-2H3. The van der Waals surface area contributed by atoms with Gasteiger partial charge >= 0.3 is 0 Å². The largest absolute Gasteiger partial charge is 0.313 e. The fraction of sp³-hybridized carbons (Fsp3) is 0.538. The highest BCUT2D eigenvalue weighted by molar-refractivity contribution is 7.99. The second kappa shape index (κ2) is 7.67. The zero-order valence-corrected chi connectivity index (χ0v) is 11.1. The van der Waals surface area contributed by atoms with E-state index in [0.717, 1.165) is 23.6 Å². The quantitative estimate of drug-likeness (QED) is 0.590. The van der Waals surface area contributed by atoms with Crippen LogP contribution in [0.15, 0.2) is 23.1 Å². The summed E-state index contributed by atoms with van der Waals surface area (Å²) in [4.78, 5) is 0.772. The van der Waals surface area contributed by atoms with Crippen LogP contribution in [0.4, 0.5) is 8.78 Å². The predicted molar refractivity (Wildman–Crippen MR) is 69.5 cm³/mol. The second-order valence-corrected chi connectivity index (χ2v) is 5.24. The Kier molecular flexibility index (Phi) is 6.52. The summed E-state index contributed by atoms with van der Waals surface area (Å²) < 4.78 is 25.6. The van der Waals surface area contributed by atoms with Crippen LogP contribution < -0.4 is 5.32 Å². The number of nitrogens with one attached hydrogen (secondary N) is 1. The molecule has 1 atom stereocenters. The molecule has 0 radical (unpaired) electrons. The summed E-state index contributed by atoms with van der Waals surface area (Å²) in [6.07, 6.45) is 2.33. The Labute approximate surface area is 106 Å². The van der Waals surface area contributed by atoms with E-state index in [9.17, 15) is 8.78 Å². The van der Waals surface area contributed by atoms with Gasteiger partial charge in [0.2, 0.25) is 0 Å². The van der Waals surface area contributed by atoms with Crippen LogP contribution >= 0.6 is 11.8 Å². The van der Waals surface area contributed by atoms with Gasteiger partial charge in [0, 0.05) is 23.2 Å². The molecule has 0 aliphatic heterocycles. The van der Waals surface area contributed by atoms with Crippen LogP contribution in [0.3, 0.4) is 0 Å². The Morgan fingerprint density at radius 2 is 2.06 bits per heavy atom. The minimum atomic E-state index is -0.788. The first-order valence-electron chi connectivity index (χ1n) is 5.94. The van der Waals surface area contributed by atoms with Crippen LogP contribution in [-0.2, 0) is 0 Å². The minimum absolute atomic E-state index is 0.519. The van der Waals surface area contributed by atoms with Crippen molar-refractivity contribution >= 4 is 11.8 Å². The van der Waals surface area contributed by atoms with E-state index >= 15 is 0 Å². The fourth-order valence-electron chi connectivity index (χ4n) is 1.58. The first-order valence-corrected chi connectivity index (χ1v) is 6.93. The van der Waals surface area contributed by atoms with E-state index < -0.39 is 11.6 Å².